The number of fused-ring (bicyclic) bond motifs is 7. The average molecular weight is 613 g/mol. The summed E-state index contributed by atoms with van der Waals surface area (Å²) in [6.45, 7) is 0. The van der Waals surface area contributed by atoms with Crippen LogP contribution in [0.25, 0.3) is 71.8 Å². The Hall–Kier alpha value is -6.50. The molecule has 48 heavy (non-hydrogen) atoms. The normalized spacial score (nSPS) is 15.6. The molecule has 0 amide bonds. The standard InChI is InChI=1S/C45H28N2O/c1-3-12-29(13-4-1)31-23-25-42-38(26-31)34-17-8-10-20-41(34)47(42)43-21-11-18-36-35-24-22-32(27-44(35)48-45(36)43)40-28-37(30-14-5-2-6-15-30)33-16-7-9-19-39(33)46-40/h1-21,23,25-28,39,46H. The Morgan fingerprint density at radius 2 is 1.40 bits per heavy atom. The zero-order chi connectivity index (χ0) is 31.6. The molecule has 0 fully saturated rings. The number of hydrogen-bond acceptors (Lipinski definition) is 2. The van der Waals surface area contributed by atoms with Crippen molar-refractivity contribution in [2.45, 2.75) is 6.04 Å². The molecular weight excluding hydrogens is 585 g/mol. The molecule has 10 rings (SSSR count). The lowest BCUT2D eigenvalue weighted by Crippen LogP contribution is -2.31. The minimum atomic E-state index is 0.0780. The van der Waals surface area contributed by atoms with E-state index in [2.05, 4.69) is 180 Å². The molecule has 1 atom stereocenters. The molecule has 1 unspecified atom stereocenters. The van der Waals surface area contributed by atoms with E-state index in [1.807, 2.05) is 0 Å². The van der Waals surface area contributed by atoms with Crippen LogP contribution in [0.4, 0.5) is 0 Å². The second kappa shape index (κ2) is 10.5. The van der Waals surface area contributed by atoms with Gasteiger partial charge in [0.05, 0.1) is 39.4 Å². The molecule has 3 heteroatoms. The quantitative estimate of drug-likeness (QED) is 0.214. The van der Waals surface area contributed by atoms with E-state index in [4.69, 9.17) is 4.42 Å². The molecule has 224 valence electrons. The van der Waals surface area contributed by atoms with E-state index in [1.165, 1.54) is 38.6 Å². The van der Waals surface area contributed by atoms with Crippen LogP contribution in [0.3, 0.4) is 0 Å². The number of allylic oxidation sites excluding steroid dienone is 4. The van der Waals surface area contributed by atoms with E-state index < -0.39 is 0 Å². The minimum Gasteiger partial charge on any atom is -0.453 e. The summed E-state index contributed by atoms with van der Waals surface area (Å²) in [5.41, 5.74) is 12.9. The topological polar surface area (TPSA) is 30.1 Å². The molecule has 1 N–H and O–H groups in total. The second-order valence-electron chi connectivity index (χ2n) is 12.4. The van der Waals surface area contributed by atoms with Crippen molar-refractivity contribution in [3.05, 3.63) is 187 Å². The molecule has 2 aliphatic rings. The molecule has 0 bridgehead atoms. The van der Waals surface area contributed by atoms with Crippen molar-refractivity contribution in [1.29, 1.82) is 0 Å². The molecule has 8 aromatic rings. The Balaban J connectivity index is 1.14. The minimum absolute atomic E-state index is 0.0780. The molecule has 3 heterocycles. The molecule has 1 aliphatic carbocycles. The number of nitrogens with one attached hydrogen (secondary N) is 1. The Morgan fingerprint density at radius 3 is 2.27 bits per heavy atom. The van der Waals surface area contributed by atoms with Gasteiger partial charge in [0, 0.05) is 16.2 Å². The van der Waals surface area contributed by atoms with E-state index in [0.717, 1.165) is 49.9 Å². The van der Waals surface area contributed by atoms with Crippen molar-refractivity contribution in [1.82, 2.24) is 9.88 Å². The number of para-hydroxylation sites is 2. The van der Waals surface area contributed by atoms with Gasteiger partial charge < -0.3 is 14.3 Å². The number of nitrogens with zero attached hydrogens (tertiary/aromatic N) is 1. The number of hydrogen-bond donors (Lipinski definition) is 1. The van der Waals surface area contributed by atoms with Crippen LogP contribution in [0.2, 0.25) is 0 Å². The van der Waals surface area contributed by atoms with Gasteiger partial charge in [-0.3, -0.25) is 0 Å². The van der Waals surface area contributed by atoms with Crippen molar-refractivity contribution in [2.24, 2.45) is 0 Å². The highest BCUT2D eigenvalue weighted by atomic mass is 16.3. The van der Waals surface area contributed by atoms with E-state index in [0.29, 0.717) is 0 Å². The van der Waals surface area contributed by atoms with Crippen molar-refractivity contribution >= 4 is 55.0 Å². The maximum Gasteiger partial charge on any atom is 0.160 e. The highest BCUT2D eigenvalue weighted by Crippen LogP contribution is 2.40. The van der Waals surface area contributed by atoms with Crippen molar-refractivity contribution < 1.29 is 4.42 Å². The van der Waals surface area contributed by atoms with Gasteiger partial charge in [-0.15, -0.1) is 0 Å². The van der Waals surface area contributed by atoms with Gasteiger partial charge in [0.1, 0.15) is 5.58 Å². The van der Waals surface area contributed by atoms with Gasteiger partial charge >= 0.3 is 0 Å². The number of furan rings is 1. The number of aromatic nitrogens is 1. The Bertz CT molecular complexity index is 2680. The number of rotatable bonds is 4. The SMILES string of the molecule is c1c(C2=CC(c3ccccc3)=C3C=CC=CC3N2)cc2oc3c(-n4c5ccccc5c5cc(-c6ccccc6)ccc54)cccc3c2c#1. The van der Waals surface area contributed by atoms with Crippen LogP contribution in [0.15, 0.2) is 168 Å². The largest absolute Gasteiger partial charge is 0.453 e. The lowest BCUT2D eigenvalue weighted by molar-refractivity contribution is 0.666. The molecule has 0 radical (unpaired) electrons. The smallest absolute Gasteiger partial charge is 0.160 e. The molecule has 2 aromatic heterocycles. The van der Waals surface area contributed by atoms with Crippen LogP contribution in [0.5, 0.6) is 0 Å². The fraction of sp³-hybridized carbons (Fsp3) is 0.0222. The van der Waals surface area contributed by atoms with E-state index in [9.17, 15) is 0 Å². The molecule has 1 aliphatic heterocycles. The van der Waals surface area contributed by atoms with Crippen LogP contribution in [0, 0.1) is 12.1 Å². The van der Waals surface area contributed by atoms with E-state index in [-0.39, 0.29) is 6.04 Å². The predicted octanol–water partition coefficient (Wildman–Crippen LogP) is 10.8. The number of benzene rings is 5. The van der Waals surface area contributed by atoms with Gasteiger partial charge in [-0.25, -0.2) is 0 Å². The highest BCUT2D eigenvalue weighted by molar-refractivity contribution is 6.13. The average Bonchev–Trinajstić information content (AvgIpc) is 3.70. The molecule has 0 spiro atoms. The summed E-state index contributed by atoms with van der Waals surface area (Å²) in [6.07, 6.45) is 10.8. The third-order valence-electron chi connectivity index (χ3n) is 9.65. The summed E-state index contributed by atoms with van der Waals surface area (Å²) in [5.74, 6) is 0. The van der Waals surface area contributed by atoms with Gasteiger partial charge in [-0.2, -0.15) is 0 Å². The summed E-state index contributed by atoms with van der Waals surface area (Å²) in [6, 6.07) is 52.0. The van der Waals surface area contributed by atoms with Gasteiger partial charge in [0.25, 0.3) is 0 Å². The first-order valence-electron chi connectivity index (χ1n) is 16.3. The monoisotopic (exact) mass is 612 g/mol. The van der Waals surface area contributed by atoms with Crippen LogP contribution >= 0.6 is 0 Å². The Morgan fingerprint density at radius 1 is 0.625 bits per heavy atom. The molecule has 0 saturated carbocycles. The zero-order valence-corrected chi connectivity index (χ0v) is 25.9. The Labute approximate surface area is 278 Å². The summed E-state index contributed by atoms with van der Waals surface area (Å²) < 4.78 is 9.12. The first-order valence-corrected chi connectivity index (χ1v) is 16.3. The lowest BCUT2D eigenvalue weighted by atomic mass is 9.87. The molecule has 6 aromatic carbocycles. The second-order valence-corrected chi connectivity index (χ2v) is 12.4. The molecule has 0 saturated heterocycles. The maximum atomic E-state index is 6.78. The summed E-state index contributed by atoms with van der Waals surface area (Å²) in [7, 11) is 0. The van der Waals surface area contributed by atoms with E-state index in [1.54, 1.807) is 0 Å². The van der Waals surface area contributed by atoms with Crippen LogP contribution in [-0.4, -0.2) is 10.6 Å². The fourth-order valence-corrected chi connectivity index (χ4v) is 7.40. The first-order chi connectivity index (χ1) is 23.8. The highest BCUT2D eigenvalue weighted by Gasteiger charge is 2.24. The summed E-state index contributed by atoms with van der Waals surface area (Å²) in [4.78, 5) is 0. The fourth-order valence-electron chi connectivity index (χ4n) is 7.40. The maximum absolute atomic E-state index is 6.78. The lowest BCUT2D eigenvalue weighted by Gasteiger charge is -2.28. The molecular formula is C45H28N2O. The number of dihydropyridines is 1. The third-order valence-corrected chi connectivity index (χ3v) is 9.65. The van der Waals surface area contributed by atoms with Gasteiger partial charge in [-0.1, -0.05) is 127 Å². The van der Waals surface area contributed by atoms with Crippen LogP contribution < -0.4 is 5.32 Å². The van der Waals surface area contributed by atoms with Crippen LogP contribution in [0.1, 0.15) is 11.1 Å². The predicted molar refractivity (Wildman–Crippen MR) is 198 cm³/mol. The van der Waals surface area contributed by atoms with Crippen molar-refractivity contribution in [3.8, 4) is 16.8 Å². The van der Waals surface area contributed by atoms with Gasteiger partial charge in [-0.05, 0) is 70.3 Å². The Kier molecular flexibility index (Phi) is 5.85. The van der Waals surface area contributed by atoms with Crippen LogP contribution in [-0.2, 0) is 0 Å². The van der Waals surface area contributed by atoms with Crippen molar-refractivity contribution in [3.63, 3.8) is 0 Å². The first kappa shape index (κ1) is 26.7. The summed E-state index contributed by atoms with van der Waals surface area (Å²) >= 11 is 0. The summed E-state index contributed by atoms with van der Waals surface area (Å²) in [5, 5.41) is 8.11. The van der Waals surface area contributed by atoms with Gasteiger partial charge in [0.2, 0.25) is 0 Å². The molecule has 3 nitrogen and oxygen atoms in total. The van der Waals surface area contributed by atoms with E-state index >= 15 is 0 Å². The van der Waals surface area contributed by atoms with Gasteiger partial charge in [0.15, 0.2) is 5.58 Å². The van der Waals surface area contributed by atoms with Crippen molar-refractivity contribution in [2.75, 3.05) is 0 Å². The third kappa shape index (κ3) is 4.10. The zero-order valence-electron chi connectivity index (χ0n) is 25.9.